The van der Waals surface area contributed by atoms with E-state index in [1.165, 1.54) is 6.07 Å². The number of benzene rings is 2. The summed E-state index contributed by atoms with van der Waals surface area (Å²) in [5.74, 6) is -0.882. The Kier molecular flexibility index (Phi) is 3.53. The van der Waals surface area contributed by atoms with Crippen LogP contribution in [0.1, 0.15) is 20.8 Å². The van der Waals surface area contributed by atoms with Crippen LogP contribution in [0, 0.1) is 0 Å². The highest BCUT2D eigenvalue weighted by Gasteiger charge is 2.09. The Morgan fingerprint density at radius 1 is 0.955 bits per heavy atom. The molecule has 22 heavy (non-hydrogen) atoms. The maximum Gasteiger partial charge on any atom is 0.274 e. The van der Waals surface area contributed by atoms with Gasteiger partial charge in [-0.15, -0.1) is 0 Å². The molecule has 0 spiro atoms. The number of carbonyl (C=O) groups excluding carboxylic acids is 2. The first-order valence-corrected chi connectivity index (χ1v) is 6.70. The van der Waals surface area contributed by atoms with Crippen molar-refractivity contribution in [2.45, 2.75) is 0 Å². The van der Waals surface area contributed by atoms with Gasteiger partial charge < -0.3 is 11.1 Å². The van der Waals surface area contributed by atoms with Gasteiger partial charge >= 0.3 is 0 Å². The second-order valence-electron chi connectivity index (χ2n) is 4.79. The van der Waals surface area contributed by atoms with Crippen molar-refractivity contribution in [3.05, 3.63) is 71.9 Å². The van der Waals surface area contributed by atoms with Crippen molar-refractivity contribution in [2.75, 3.05) is 5.32 Å². The van der Waals surface area contributed by atoms with Crippen LogP contribution < -0.4 is 11.1 Å². The lowest BCUT2D eigenvalue weighted by molar-refractivity contribution is 0.0995. The molecule has 108 valence electrons. The van der Waals surface area contributed by atoms with Crippen LogP contribution in [0.25, 0.3) is 10.9 Å². The summed E-state index contributed by atoms with van der Waals surface area (Å²) in [6.45, 7) is 0. The largest absolute Gasteiger partial charge is 0.366 e. The maximum absolute atomic E-state index is 12.2. The van der Waals surface area contributed by atoms with Crippen LogP contribution in [0.4, 0.5) is 5.69 Å². The number of nitrogens with zero attached hydrogens (tertiary/aromatic N) is 1. The molecule has 5 heteroatoms. The third-order valence-corrected chi connectivity index (χ3v) is 3.24. The first-order valence-electron chi connectivity index (χ1n) is 6.70. The molecule has 0 aliphatic carbocycles. The lowest BCUT2D eigenvalue weighted by Crippen LogP contribution is -2.15. The average molecular weight is 291 g/mol. The third-order valence-electron chi connectivity index (χ3n) is 3.24. The van der Waals surface area contributed by atoms with Crippen LogP contribution in [0.5, 0.6) is 0 Å². The Labute approximate surface area is 126 Å². The van der Waals surface area contributed by atoms with Gasteiger partial charge in [0.15, 0.2) is 0 Å². The molecular formula is C17H13N3O2. The third kappa shape index (κ3) is 2.78. The molecule has 0 aliphatic rings. The van der Waals surface area contributed by atoms with Gasteiger partial charge in [0.2, 0.25) is 5.91 Å². The quantitative estimate of drug-likeness (QED) is 0.777. The number of carbonyl (C=O) groups is 2. The number of hydrogen-bond donors (Lipinski definition) is 2. The number of hydrogen-bond acceptors (Lipinski definition) is 3. The van der Waals surface area contributed by atoms with Gasteiger partial charge in [0.1, 0.15) is 5.69 Å². The number of rotatable bonds is 3. The topological polar surface area (TPSA) is 85.1 Å². The van der Waals surface area contributed by atoms with Gasteiger partial charge in [0, 0.05) is 16.6 Å². The van der Waals surface area contributed by atoms with Crippen molar-refractivity contribution >= 4 is 28.4 Å². The zero-order valence-corrected chi connectivity index (χ0v) is 11.6. The van der Waals surface area contributed by atoms with E-state index in [4.69, 9.17) is 5.73 Å². The highest BCUT2D eigenvalue weighted by molar-refractivity contribution is 6.04. The molecule has 0 radical (unpaired) electrons. The Bertz CT molecular complexity index is 874. The van der Waals surface area contributed by atoms with Gasteiger partial charge in [-0.1, -0.05) is 30.3 Å². The predicted octanol–water partition coefficient (Wildman–Crippen LogP) is 2.59. The highest BCUT2D eigenvalue weighted by Crippen LogP contribution is 2.14. The van der Waals surface area contributed by atoms with Gasteiger partial charge in [0.25, 0.3) is 5.91 Å². The Morgan fingerprint density at radius 3 is 2.59 bits per heavy atom. The van der Waals surface area contributed by atoms with E-state index in [-0.39, 0.29) is 5.91 Å². The van der Waals surface area contributed by atoms with Crippen molar-refractivity contribution in [3.63, 3.8) is 0 Å². The molecule has 5 nitrogen and oxygen atoms in total. The van der Waals surface area contributed by atoms with E-state index < -0.39 is 5.91 Å². The van der Waals surface area contributed by atoms with E-state index in [1.54, 1.807) is 24.3 Å². The van der Waals surface area contributed by atoms with E-state index >= 15 is 0 Å². The minimum absolute atomic E-state index is 0.308. The molecule has 2 aromatic carbocycles. The summed E-state index contributed by atoms with van der Waals surface area (Å²) in [5, 5.41) is 3.68. The Hall–Kier alpha value is -3.21. The minimum Gasteiger partial charge on any atom is -0.366 e. The summed E-state index contributed by atoms with van der Waals surface area (Å²) >= 11 is 0. The van der Waals surface area contributed by atoms with E-state index in [2.05, 4.69) is 10.3 Å². The summed E-state index contributed by atoms with van der Waals surface area (Å²) in [7, 11) is 0. The molecular weight excluding hydrogens is 278 g/mol. The fourth-order valence-electron chi connectivity index (χ4n) is 2.14. The second-order valence-corrected chi connectivity index (χ2v) is 4.79. The van der Waals surface area contributed by atoms with Crippen molar-refractivity contribution in [3.8, 4) is 0 Å². The number of nitrogens with one attached hydrogen (secondary N) is 1. The normalized spacial score (nSPS) is 10.4. The van der Waals surface area contributed by atoms with Crippen molar-refractivity contribution < 1.29 is 9.59 Å². The van der Waals surface area contributed by atoms with Crippen molar-refractivity contribution in [1.82, 2.24) is 4.98 Å². The van der Waals surface area contributed by atoms with Gasteiger partial charge in [-0.3, -0.25) is 9.59 Å². The summed E-state index contributed by atoms with van der Waals surface area (Å²) in [5.41, 5.74) is 7.12. The van der Waals surface area contributed by atoms with Crippen LogP contribution in [0.2, 0.25) is 0 Å². The zero-order valence-electron chi connectivity index (χ0n) is 11.6. The van der Waals surface area contributed by atoms with Gasteiger partial charge in [-0.25, -0.2) is 4.98 Å². The lowest BCUT2D eigenvalue weighted by Gasteiger charge is -2.06. The van der Waals surface area contributed by atoms with Crippen molar-refractivity contribution in [2.24, 2.45) is 5.73 Å². The molecule has 0 atom stereocenters. The first-order chi connectivity index (χ1) is 10.6. The summed E-state index contributed by atoms with van der Waals surface area (Å²) in [6.07, 6.45) is 0. The molecule has 0 unspecified atom stereocenters. The zero-order chi connectivity index (χ0) is 15.5. The molecule has 1 aromatic heterocycles. The Balaban J connectivity index is 1.86. The van der Waals surface area contributed by atoms with Gasteiger partial charge in [-0.05, 0) is 30.3 Å². The number of aromatic nitrogens is 1. The molecule has 0 saturated carbocycles. The van der Waals surface area contributed by atoms with Gasteiger partial charge in [0.05, 0.1) is 5.52 Å². The number of primary amides is 1. The lowest BCUT2D eigenvalue weighted by atomic mass is 10.2. The fourth-order valence-corrected chi connectivity index (χ4v) is 2.14. The fraction of sp³-hybridized carbons (Fsp3) is 0. The number of fused-ring (bicyclic) bond motifs is 1. The molecule has 0 aliphatic heterocycles. The number of pyridine rings is 1. The molecule has 3 aromatic rings. The minimum atomic E-state index is -0.542. The van der Waals surface area contributed by atoms with E-state index in [0.717, 1.165) is 10.9 Å². The standard InChI is InChI=1S/C17H13N3O2/c18-16(21)12-5-3-6-13(10-12)19-17(22)15-9-8-11-4-1-2-7-14(11)20-15/h1-10H,(H2,18,21)(H,19,22). The molecule has 2 amide bonds. The molecule has 0 saturated heterocycles. The van der Waals surface area contributed by atoms with E-state index in [9.17, 15) is 9.59 Å². The molecule has 1 heterocycles. The van der Waals surface area contributed by atoms with Crippen LogP contribution in [-0.2, 0) is 0 Å². The van der Waals surface area contributed by atoms with Crippen LogP contribution in [0.3, 0.4) is 0 Å². The summed E-state index contributed by atoms with van der Waals surface area (Å²) < 4.78 is 0. The highest BCUT2D eigenvalue weighted by atomic mass is 16.2. The molecule has 3 rings (SSSR count). The summed E-state index contributed by atoms with van der Waals surface area (Å²) in [6, 6.07) is 17.5. The predicted molar refractivity (Wildman–Crippen MR) is 84.7 cm³/mol. The van der Waals surface area contributed by atoms with Gasteiger partial charge in [-0.2, -0.15) is 0 Å². The van der Waals surface area contributed by atoms with E-state index in [0.29, 0.717) is 16.9 Å². The first kappa shape index (κ1) is 13.8. The van der Waals surface area contributed by atoms with Crippen LogP contribution in [-0.4, -0.2) is 16.8 Å². The Morgan fingerprint density at radius 2 is 1.77 bits per heavy atom. The molecule has 0 bridgehead atoms. The smallest absolute Gasteiger partial charge is 0.274 e. The summed E-state index contributed by atoms with van der Waals surface area (Å²) in [4.78, 5) is 27.7. The number of amides is 2. The molecule has 0 fully saturated rings. The van der Waals surface area contributed by atoms with Crippen LogP contribution >= 0.6 is 0 Å². The van der Waals surface area contributed by atoms with E-state index in [1.807, 2.05) is 30.3 Å². The average Bonchev–Trinajstić information content (AvgIpc) is 2.54. The number of nitrogens with two attached hydrogens (primary N) is 1. The van der Waals surface area contributed by atoms with Crippen LogP contribution in [0.15, 0.2) is 60.7 Å². The van der Waals surface area contributed by atoms with Crippen molar-refractivity contribution in [1.29, 1.82) is 0 Å². The number of anilines is 1. The SMILES string of the molecule is NC(=O)c1cccc(NC(=O)c2ccc3ccccc3n2)c1. The second kappa shape index (κ2) is 5.65. The monoisotopic (exact) mass is 291 g/mol. The molecule has 3 N–H and O–H groups in total. The number of para-hydroxylation sites is 1. The maximum atomic E-state index is 12.2.